The summed E-state index contributed by atoms with van der Waals surface area (Å²) < 4.78 is 35.9. The number of nitrogens with zero attached hydrogens (tertiary/aromatic N) is 2. The standard InChI is InChI=1S/C38H42ClN3O5S2/c1-3-47-36-20-12-11-19-34(36)42(49(45,46)32-23-21-31(48-2)22-24-32)27-37(43)41(26-29-15-7-10-18-33(29)39)35(25-28-13-5-4-6-14-28)38(44)40-30-16-8-9-17-30/h4-7,10-15,18-24,30,35H,3,8-9,16-17,25-27H2,1-2H3,(H,40,44)/t35-/m0/s1. The minimum Gasteiger partial charge on any atom is -0.492 e. The van der Waals surface area contributed by atoms with Crippen LogP contribution in [0.5, 0.6) is 5.75 Å². The number of para-hydroxylation sites is 2. The Morgan fingerprint density at radius 1 is 0.918 bits per heavy atom. The first-order valence-electron chi connectivity index (χ1n) is 16.5. The summed E-state index contributed by atoms with van der Waals surface area (Å²) in [6, 6.07) is 29.1. The molecule has 1 saturated carbocycles. The normalized spacial score (nSPS) is 13.9. The van der Waals surface area contributed by atoms with E-state index in [2.05, 4.69) is 5.32 Å². The number of halogens is 1. The lowest BCUT2D eigenvalue weighted by Gasteiger charge is -2.34. The van der Waals surface area contributed by atoms with Crippen molar-refractivity contribution in [1.82, 2.24) is 10.2 Å². The molecular weight excluding hydrogens is 678 g/mol. The second kappa shape index (κ2) is 17.1. The fraction of sp³-hybridized carbons (Fsp3) is 0.316. The molecule has 0 unspecified atom stereocenters. The van der Waals surface area contributed by atoms with E-state index in [1.807, 2.05) is 55.6 Å². The van der Waals surface area contributed by atoms with Gasteiger partial charge in [-0.25, -0.2) is 8.42 Å². The van der Waals surface area contributed by atoms with Crippen molar-refractivity contribution in [3.8, 4) is 5.75 Å². The van der Waals surface area contributed by atoms with Gasteiger partial charge in [-0.1, -0.05) is 85.1 Å². The van der Waals surface area contributed by atoms with Gasteiger partial charge >= 0.3 is 0 Å². The van der Waals surface area contributed by atoms with E-state index in [1.54, 1.807) is 48.5 Å². The SMILES string of the molecule is CCOc1ccccc1N(CC(=O)N(Cc1ccccc1Cl)[C@@H](Cc1ccccc1)C(=O)NC1CCCC1)S(=O)(=O)c1ccc(SC)cc1. The smallest absolute Gasteiger partial charge is 0.264 e. The number of nitrogens with one attached hydrogen (secondary N) is 1. The van der Waals surface area contributed by atoms with Crippen molar-refractivity contribution in [1.29, 1.82) is 0 Å². The van der Waals surface area contributed by atoms with E-state index in [-0.39, 0.29) is 35.5 Å². The zero-order valence-corrected chi connectivity index (χ0v) is 30.1. The van der Waals surface area contributed by atoms with Gasteiger partial charge < -0.3 is 15.0 Å². The number of hydrogen-bond donors (Lipinski definition) is 1. The first-order valence-corrected chi connectivity index (χ1v) is 19.5. The molecular formula is C38H42ClN3O5S2. The lowest BCUT2D eigenvalue weighted by molar-refractivity contribution is -0.140. The number of carbonyl (C=O) groups excluding carboxylic acids is 2. The van der Waals surface area contributed by atoms with Crippen molar-refractivity contribution in [2.75, 3.05) is 23.7 Å². The molecule has 4 aromatic rings. The molecule has 49 heavy (non-hydrogen) atoms. The molecule has 0 aliphatic heterocycles. The number of anilines is 1. The Morgan fingerprint density at radius 2 is 1.57 bits per heavy atom. The largest absolute Gasteiger partial charge is 0.492 e. The van der Waals surface area contributed by atoms with Crippen LogP contribution in [0.25, 0.3) is 0 Å². The summed E-state index contributed by atoms with van der Waals surface area (Å²) >= 11 is 8.12. The van der Waals surface area contributed by atoms with Gasteiger partial charge in [-0.2, -0.15) is 0 Å². The summed E-state index contributed by atoms with van der Waals surface area (Å²) in [5.74, 6) is -0.523. The van der Waals surface area contributed by atoms with Gasteiger partial charge in [0, 0.05) is 28.9 Å². The van der Waals surface area contributed by atoms with E-state index < -0.39 is 28.5 Å². The highest BCUT2D eigenvalue weighted by Crippen LogP contribution is 2.34. The van der Waals surface area contributed by atoms with Gasteiger partial charge in [-0.15, -0.1) is 11.8 Å². The van der Waals surface area contributed by atoms with Crippen LogP contribution in [-0.4, -0.2) is 56.6 Å². The molecule has 1 N–H and O–H groups in total. The Labute approximate surface area is 298 Å². The van der Waals surface area contributed by atoms with Crippen molar-refractivity contribution in [3.05, 3.63) is 119 Å². The summed E-state index contributed by atoms with van der Waals surface area (Å²) in [4.78, 5) is 31.4. The second-order valence-corrected chi connectivity index (χ2v) is 15.0. The van der Waals surface area contributed by atoms with Crippen molar-refractivity contribution >= 4 is 50.9 Å². The number of amides is 2. The van der Waals surface area contributed by atoms with Crippen molar-refractivity contribution in [2.24, 2.45) is 0 Å². The molecule has 0 spiro atoms. The van der Waals surface area contributed by atoms with E-state index in [1.165, 1.54) is 28.8 Å². The van der Waals surface area contributed by atoms with Crippen molar-refractivity contribution in [3.63, 3.8) is 0 Å². The average Bonchev–Trinajstić information content (AvgIpc) is 3.63. The highest BCUT2D eigenvalue weighted by molar-refractivity contribution is 7.98. The summed E-state index contributed by atoms with van der Waals surface area (Å²) in [7, 11) is -4.28. The van der Waals surface area contributed by atoms with Crippen molar-refractivity contribution < 1.29 is 22.7 Å². The van der Waals surface area contributed by atoms with Crippen LogP contribution >= 0.6 is 23.4 Å². The van der Waals surface area contributed by atoms with E-state index >= 15 is 0 Å². The Balaban J connectivity index is 1.60. The van der Waals surface area contributed by atoms with Gasteiger partial charge in [-0.3, -0.25) is 13.9 Å². The summed E-state index contributed by atoms with van der Waals surface area (Å²) in [5, 5.41) is 3.63. The quantitative estimate of drug-likeness (QED) is 0.129. The number of rotatable bonds is 15. The Morgan fingerprint density at radius 3 is 2.24 bits per heavy atom. The molecule has 1 aliphatic rings. The number of benzene rings is 4. The van der Waals surface area contributed by atoms with Crippen molar-refractivity contribution in [2.45, 2.75) is 67.4 Å². The fourth-order valence-corrected chi connectivity index (χ4v) is 8.09. The molecule has 258 valence electrons. The summed E-state index contributed by atoms with van der Waals surface area (Å²) in [6.07, 6.45) is 5.94. The van der Waals surface area contributed by atoms with Crippen LogP contribution in [0, 0.1) is 0 Å². The molecule has 8 nitrogen and oxygen atoms in total. The number of sulfonamides is 1. The fourth-order valence-electron chi connectivity index (χ4n) is 6.06. The lowest BCUT2D eigenvalue weighted by Crippen LogP contribution is -2.54. The minimum atomic E-state index is -4.28. The Kier molecular flexibility index (Phi) is 12.7. The Bertz CT molecular complexity index is 1820. The number of carbonyl (C=O) groups is 2. The van der Waals surface area contributed by atoms with Crippen LogP contribution in [-0.2, 0) is 32.6 Å². The van der Waals surface area contributed by atoms with E-state index in [0.29, 0.717) is 22.9 Å². The molecule has 4 aromatic carbocycles. The van der Waals surface area contributed by atoms with Gasteiger partial charge in [0.2, 0.25) is 11.8 Å². The maximum atomic E-state index is 14.8. The molecule has 0 bridgehead atoms. The molecule has 1 fully saturated rings. The third-order valence-corrected chi connectivity index (χ3v) is 11.5. The molecule has 1 atom stereocenters. The van der Waals surface area contributed by atoms with Gasteiger partial charge in [0.25, 0.3) is 10.0 Å². The summed E-state index contributed by atoms with van der Waals surface area (Å²) in [5.41, 5.74) is 1.73. The minimum absolute atomic E-state index is 0.00247. The van der Waals surface area contributed by atoms with E-state index in [9.17, 15) is 18.0 Å². The number of thioether (sulfide) groups is 1. The third kappa shape index (κ3) is 9.17. The van der Waals surface area contributed by atoms with E-state index in [0.717, 1.165) is 40.4 Å². The second-order valence-electron chi connectivity index (χ2n) is 11.9. The van der Waals surface area contributed by atoms with E-state index in [4.69, 9.17) is 16.3 Å². The molecule has 0 saturated heterocycles. The molecule has 1 aliphatic carbocycles. The maximum Gasteiger partial charge on any atom is 0.264 e. The highest BCUT2D eigenvalue weighted by Gasteiger charge is 2.36. The van der Waals surface area contributed by atoms with Crippen LogP contribution < -0.4 is 14.4 Å². The van der Waals surface area contributed by atoms with Gasteiger partial charge in [0.15, 0.2) is 0 Å². The molecule has 0 aromatic heterocycles. The zero-order valence-electron chi connectivity index (χ0n) is 27.8. The molecule has 0 radical (unpaired) electrons. The van der Waals surface area contributed by atoms with Crippen LogP contribution in [0.4, 0.5) is 5.69 Å². The number of hydrogen-bond acceptors (Lipinski definition) is 6. The van der Waals surface area contributed by atoms with Crippen LogP contribution in [0.2, 0.25) is 5.02 Å². The van der Waals surface area contributed by atoms with Gasteiger partial charge in [0.05, 0.1) is 17.2 Å². The predicted octanol–water partition coefficient (Wildman–Crippen LogP) is 7.35. The maximum absolute atomic E-state index is 14.8. The van der Waals surface area contributed by atoms with Gasteiger partial charge in [0.1, 0.15) is 18.3 Å². The monoisotopic (exact) mass is 719 g/mol. The molecule has 2 amide bonds. The number of ether oxygens (including phenoxy) is 1. The molecule has 5 rings (SSSR count). The lowest BCUT2D eigenvalue weighted by atomic mass is 10.0. The zero-order chi connectivity index (χ0) is 34.8. The first-order chi connectivity index (χ1) is 23.7. The highest BCUT2D eigenvalue weighted by atomic mass is 35.5. The topological polar surface area (TPSA) is 96.0 Å². The molecule has 11 heteroatoms. The average molecular weight is 720 g/mol. The third-order valence-electron chi connectivity index (χ3n) is 8.63. The first kappa shape index (κ1) is 36.3. The Hall–Kier alpha value is -3.99. The predicted molar refractivity (Wildman–Crippen MR) is 197 cm³/mol. The van der Waals surface area contributed by atoms with Crippen LogP contribution in [0.1, 0.15) is 43.7 Å². The van der Waals surface area contributed by atoms with Crippen LogP contribution in [0.15, 0.2) is 113 Å². The van der Waals surface area contributed by atoms with Gasteiger partial charge in [-0.05, 0) is 79.6 Å². The van der Waals surface area contributed by atoms with Crippen LogP contribution in [0.3, 0.4) is 0 Å². The summed E-state index contributed by atoms with van der Waals surface area (Å²) in [6.45, 7) is 1.52. The molecule has 0 heterocycles.